The third-order valence-electron chi connectivity index (χ3n) is 5.17. The Bertz CT molecular complexity index is 624. The van der Waals surface area contributed by atoms with Crippen LogP contribution in [0.3, 0.4) is 0 Å². The molecule has 136 valence electrons. The van der Waals surface area contributed by atoms with Gasteiger partial charge in [0.05, 0.1) is 6.54 Å². The van der Waals surface area contributed by atoms with Crippen molar-refractivity contribution < 1.29 is 19.0 Å². The van der Waals surface area contributed by atoms with Crippen LogP contribution in [0.4, 0.5) is 4.79 Å². The van der Waals surface area contributed by atoms with Crippen LogP contribution >= 0.6 is 0 Å². The van der Waals surface area contributed by atoms with Crippen LogP contribution in [-0.2, 0) is 0 Å². The zero-order valence-electron chi connectivity index (χ0n) is 14.3. The van der Waals surface area contributed by atoms with E-state index in [1.54, 1.807) is 6.07 Å². The molecule has 3 aliphatic heterocycles. The van der Waals surface area contributed by atoms with Crippen LogP contribution in [0, 0.1) is 0 Å². The van der Waals surface area contributed by atoms with E-state index in [-0.39, 0.29) is 18.9 Å². The highest BCUT2D eigenvalue weighted by Gasteiger charge is 2.36. The fourth-order valence-electron chi connectivity index (χ4n) is 3.94. The maximum absolute atomic E-state index is 12.1. The molecule has 0 aliphatic carbocycles. The van der Waals surface area contributed by atoms with Crippen LogP contribution in [0.1, 0.15) is 25.7 Å². The Morgan fingerprint density at radius 2 is 2.12 bits per heavy atom. The third kappa shape index (κ3) is 3.76. The summed E-state index contributed by atoms with van der Waals surface area (Å²) in [6.07, 6.45) is 4.79. The van der Waals surface area contributed by atoms with Gasteiger partial charge < -0.3 is 24.8 Å². The molecule has 2 N–H and O–H groups in total. The number of hydrogen-bond acceptors (Lipinski definition) is 5. The van der Waals surface area contributed by atoms with Crippen LogP contribution in [0.2, 0.25) is 0 Å². The molecular formula is C18H25N3O4. The van der Waals surface area contributed by atoms with Crippen LogP contribution in [-0.4, -0.2) is 56.0 Å². The molecule has 0 spiro atoms. The fraction of sp³-hybridized carbons (Fsp3) is 0.611. The van der Waals surface area contributed by atoms with Crippen molar-refractivity contribution in [3.8, 4) is 17.2 Å². The summed E-state index contributed by atoms with van der Waals surface area (Å²) >= 11 is 0. The Labute approximate surface area is 147 Å². The lowest BCUT2D eigenvalue weighted by Gasteiger charge is -2.32. The fourth-order valence-corrected chi connectivity index (χ4v) is 3.94. The molecule has 4 rings (SSSR count). The molecule has 2 atom stereocenters. The van der Waals surface area contributed by atoms with Gasteiger partial charge in [0.2, 0.25) is 6.79 Å². The first kappa shape index (κ1) is 16.3. The minimum atomic E-state index is -0.105. The molecule has 7 heteroatoms. The van der Waals surface area contributed by atoms with Crippen molar-refractivity contribution in [2.24, 2.45) is 0 Å². The van der Waals surface area contributed by atoms with Crippen molar-refractivity contribution in [3.63, 3.8) is 0 Å². The van der Waals surface area contributed by atoms with Gasteiger partial charge in [-0.3, -0.25) is 4.90 Å². The van der Waals surface area contributed by atoms with Crippen molar-refractivity contribution in [1.82, 2.24) is 15.5 Å². The lowest BCUT2D eigenvalue weighted by molar-refractivity contribution is 0.173. The molecule has 0 radical (unpaired) electrons. The first-order valence-corrected chi connectivity index (χ1v) is 9.10. The van der Waals surface area contributed by atoms with Crippen LogP contribution in [0.15, 0.2) is 18.2 Å². The molecule has 3 heterocycles. The Morgan fingerprint density at radius 3 is 3.08 bits per heavy atom. The van der Waals surface area contributed by atoms with Gasteiger partial charge in [0, 0.05) is 24.7 Å². The number of urea groups is 1. The monoisotopic (exact) mass is 347 g/mol. The Balaban J connectivity index is 1.17. The lowest BCUT2D eigenvalue weighted by atomic mass is 9.99. The average Bonchev–Trinajstić information content (AvgIpc) is 3.25. The van der Waals surface area contributed by atoms with E-state index in [4.69, 9.17) is 14.2 Å². The summed E-state index contributed by atoms with van der Waals surface area (Å²) in [6, 6.07) is 6.15. The highest BCUT2D eigenvalue weighted by Crippen LogP contribution is 2.35. The topological polar surface area (TPSA) is 72.1 Å². The second-order valence-corrected chi connectivity index (χ2v) is 6.76. The van der Waals surface area contributed by atoms with Crippen LogP contribution in [0.5, 0.6) is 17.2 Å². The van der Waals surface area contributed by atoms with Crippen molar-refractivity contribution in [1.29, 1.82) is 0 Å². The predicted octanol–water partition coefficient (Wildman–Crippen LogP) is 1.72. The molecule has 0 saturated carbocycles. The van der Waals surface area contributed by atoms with Crippen molar-refractivity contribution >= 4 is 6.03 Å². The Morgan fingerprint density at radius 1 is 1.20 bits per heavy atom. The summed E-state index contributed by atoms with van der Waals surface area (Å²) in [5, 5.41) is 6.01. The van der Waals surface area contributed by atoms with E-state index in [1.165, 1.54) is 25.8 Å². The number of benzene rings is 1. The molecule has 0 bridgehead atoms. The van der Waals surface area contributed by atoms with Gasteiger partial charge in [0.25, 0.3) is 0 Å². The maximum atomic E-state index is 12.1. The van der Waals surface area contributed by atoms with E-state index in [0.29, 0.717) is 30.7 Å². The highest BCUT2D eigenvalue weighted by atomic mass is 16.7. The summed E-state index contributed by atoms with van der Waals surface area (Å²) in [4.78, 5) is 14.6. The van der Waals surface area contributed by atoms with Gasteiger partial charge in [0.15, 0.2) is 11.5 Å². The average molecular weight is 347 g/mol. The number of nitrogens with zero attached hydrogens (tertiary/aromatic N) is 1. The zero-order valence-corrected chi connectivity index (χ0v) is 14.3. The maximum Gasteiger partial charge on any atom is 0.315 e. The summed E-state index contributed by atoms with van der Waals surface area (Å²) in [5.74, 6) is 2.14. The summed E-state index contributed by atoms with van der Waals surface area (Å²) in [6.45, 7) is 3.39. The number of carbonyl (C=O) groups is 1. The van der Waals surface area contributed by atoms with Gasteiger partial charge in [-0.05, 0) is 37.9 Å². The van der Waals surface area contributed by atoms with Crippen LogP contribution in [0.25, 0.3) is 0 Å². The van der Waals surface area contributed by atoms with Gasteiger partial charge in [0.1, 0.15) is 12.4 Å². The predicted molar refractivity (Wildman–Crippen MR) is 92.2 cm³/mol. The van der Waals surface area contributed by atoms with Gasteiger partial charge >= 0.3 is 6.03 Å². The smallest absolute Gasteiger partial charge is 0.315 e. The largest absolute Gasteiger partial charge is 0.492 e. The molecule has 25 heavy (non-hydrogen) atoms. The van der Waals surface area contributed by atoms with E-state index in [0.717, 1.165) is 18.7 Å². The number of piperidine rings is 1. The van der Waals surface area contributed by atoms with Crippen molar-refractivity contribution in [2.75, 3.05) is 33.0 Å². The molecule has 7 nitrogen and oxygen atoms in total. The number of rotatable bonds is 5. The number of hydrogen-bond donors (Lipinski definition) is 2. The summed E-state index contributed by atoms with van der Waals surface area (Å²) in [5.41, 5.74) is 0. The molecule has 3 aliphatic rings. The SMILES string of the molecule is O=C(NCCOc1ccc2c(c1)OCO2)N[C@H]1CCN2CCCC[C@H]12. The quantitative estimate of drug-likeness (QED) is 0.794. The number of amides is 2. The van der Waals surface area contributed by atoms with E-state index < -0.39 is 0 Å². The highest BCUT2D eigenvalue weighted by molar-refractivity contribution is 5.74. The number of carbonyl (C=O) groups excluding carboxylic acids is 1. The van der Waals surface area contributed by atoms with Crippen molar-refractivity contribution in [3.05, 3.63) is 18.2 Å². The zero-order chi connectivity index (χ0) is 17.1. The molecule has 1 aromatic rings. The lowest BCUT2D eigenvalue weighted by Crippen LogP contribution is -2.50. The number of fused-ring (bicyclic) bond motifs is 2. The van der Waals surface area contributed by atoms with E-state index >= 15 is 0 Å². The van der Waals surface area contributed by atoms with E-state index in [2.05, 4.69) is 15.5 Å². The van der Waals surface area contributed by atoms with Crippen LogP contribution < -0.4 is 24.8 Å². The number of ether oxygens (including phenoxy) is 3. The molecule has 1 aromatic carbocycles. The third-order valence-corrected chi connectivity index (χ3v) is 5.17. The van der Waals surface area contributed by atoms with Gasteiger partial charge in [-0.25, -0.2) is 4.79 Å². The molecule has 2 amide bonds. The molecule has 2 saturated heterocycles. The molecule has 2 fully saturated rings. The first-order chi connectivity index (χ1) is 12.3. The first-order valence-electron chi connectivity index (χ1n) is 9.10. The second-order valence-electron chi connectivity index (χ2n) is 6.76. The Kier molecular flexibility index (Phi) is 4.83. The summed E-state index contributed by atoms with van der Waals surface area (Å²) in [7, 11) is 0. The molecular weight excluding hydrogens is 322 g/mol. The summed E-state index contributed by atoms with van der Waals surface area (Å²) < 4.78 is 16.2. The van der Waals surface area contributed by atoms with Gasteiger partial charge in [-0.1, -0.05) is 6.42 Å². The van der Waals surface area contributed by atoms with Gasteiger partial charge in [-0.15, -0.1) is 0 Å². The molecule has 0 unspecified atom stereocenters. The van der Waals surface area contributed by atoms with Gasteiger partial charge in [-0.2, -0.15) is 0 Å². The van der Waals surface area contributed by atoms with Crippen molar-refractivity contribution in [2.45, 2.75) is 37.8 Å². The second kappa shape index (κ2) is 7.39. The molecule has 0 aromatic heterocycles. The minimum Gasteiger partial charge on any atom is -0.492 e. The standard InChI is InChI=1S/C18H25N3O4/c22-18(20-14-6-9-21-8-2-1-3-15(14)21)19-7-10-23-13-4-5-16-17(11-13)25-12-24-16/h4-5,11,14-15H,1-3,6-10,12H2,(H2,19,20,22)/t14-,15+/m0/s1. The normalized spacial score (nSPS) is 24.6. The number of nitrogens with one attached hydrogen (secondary N) is 2. The minimum absolute atomic E-state index is 0.105. The van der Waals surface area contributed by atoms with E-state index in [9.17, 15) is 4.79 Å². The van der Waals surface area contributed by atoms with E-state index in [1.807, 2.05) is 12.1 Å². The Hall–Kier alpha value is -2.15.